The molecule has 7 unspecified atom stereocenters. The minimum Gasteiger partial charge on any atom is -0.385 e. The molecule has 1 aliphatic heterocycles. The molecular formula is C31H39NO4. The standard InChI is InChI=1S/C31H39NO4/c1-21-20-31-25(15-9-17-32-31)24(19-27(33)26(31)16-10-18-35-2)29(21)36-30(23-13-7-4-8-14-23)28(34)22-11-5-3-6-12-22/h3-8,11-14,21,24-26,29-30,32H,9-10,15-20H2,1-2H3. The van der Waals surface area contributed by atoms with Gasteiger partial charge in [0.25, 0.3) is 0 Å². The fraction of sp³-hybridized carbons (Fsp3) is 0.548. The van der Waals surface area contributed by atoms with E-state index >= 15 is 0 Å². The first-order valence-corrected chi connectivity index (χ1v) is 13.6. The summed E-state index contributed by atoms with van der Waals surface area (Å²) < 4.78 is 12.2. The number of ether oxygens (including phenoxy) is 2. The number of Topliss-reactive ketones (excluding diaryl/α,β-unsaturated/α-hetero) is 2. The Bertz CT molecular complexity index is 1040. The summed E-state index contributed by atoms with van der Waals surface area (Å²) in [7, 11) is 1.73. The molecule has 2 bridgehead atoms. The fourth-order valence-corrected chi connectivity index (χ4v) is 7.51. The van der Waals surface area contributed by atoms with E-state index in [0.717, 1.165) is 44.2 Å². The van der Waals surface area contributed by atoms with Gasteiger partial charge in [0, 0.05) is 37.2 Å². The van der Waals surface area contributed by atoms with E-state index in [1.54, 1.807) is 7.11 Å². The Kier molecular flexibility index (Phi) is 7.71. The number of piperidine rings is 1. The molecule has 5 rings (SSSR count). The third kappa shape index (κ3) is 4.69. The molecule has 0 aromatic heterocycles. The van der Waals surface area contributed by atoms with Crippen molar-refractivity contribution in [3.8, 4) is 0 Å². The van der Waals surface area contributed by atoms with E-state index in [4.69, 9.17) is 9.47 Å². The minimum atomic E-state index is -0.681. The van der Waals surface area contributed by atoms with E-state index in [0.29, 0.717) is 30.3 Å². The highest BCUT2D eigenvalue weighted by Crippen LogP contribution is 2.56. The number of rotatable bonds is 9. The number of hydrogen-bond acceptors (Lipinski definition) is 5. The van der Waals surface area contributed by atoms with E-state index in [1.165, 1.54) is 0 Å². The highest BCUT2D eigenvalue weighted by molar-refractivity contribution is 6.00. The summed E-state index contributed by atoms with van der Waals surface area (Å²) in [4.78, 5) is 27.3. The molecule has 2 aromatic rings. The first-order valence-electron chi connectivity index (χ1n) is 13.6. The molecule has 0 radical (unpaired) electrons. The molecule has 1 heterocycles. The molecule has 192 valence electrons. The van der Waals surface area contributed by atoms with E-state index in [2.05, 4.69) is 12.2 Å². The average molecular weight is 490 g/mol. The van der Waals surface area contributed by atoms with Gasteiger partial charge >= 0.3 is 0 Å². The SMILES string of the molecule is COCCCC1C(=O)CC2C(OC(C(=O)c3ccccc3)c3ccccc3)C(C)CC13NCCCC23. The first-order chi connectivity index (χ1) is 17.5. The predicted molar refractivity (Wildman–Crippen MR) is 140 cm³/mol. The Balaban J connectivity index is 1.45. The summed E-state index contributed by atoms with van der Waals surface area (Å²) in [5.41, 5.74) is 1.37. The van der Waals surface area contributed by atoms with Crippen LogP contribution >= 0.6 is 0 Å². The van der Waals surface area contributed by atoms with Gasteiger partial charge in [0.05, 0.1) is 6.10 Å². The monoisotopic (exact) mass is 489 g/mol. The second-order valence-electron chi connectivity index (χ2n) is 11.0. The Labute approximate surface area is 215 Å². The molecule has 5 nitrogen and oxygen atoms in total. The molecule has 3 aliphatic rings. The molecule has 7 atom stereocenters. The van der Waals surface area contributed by atoms with Crippen LogP contribution in [0, 0.1) is 23.7 Å². The van der Waals surface area contributed by atoms with Crippen LogP contribution in [0.4, 0.5) is 0 Å². The summed E-state index contributed by atoms with van der Waals surface area (Å²) >= 11 is 0. The molecule has 3 fully saturated rings. The van der Waals surface area contributed by atoms with Gasteiger partial charge in [-0.25, -0.2) is 0 Å². The number of nitrogens with one attached hydrogen (secondary N) is 1. The maximum absolute atomic E-state index is 13.7. The molecular weight excluding hydrogens is 450 g/mol. The number of hydrogen-bond donors (Lipinski definition) is 1. The zero-order valence-electron chi connectivity index (χ0n) is 21.5. The number of carbonyl (C=O) groups excluding carboxylic acids is 2. The number of ketones is 2. The summed E-state index contributed by atoms with van der Waals surface area (Å²) in [6, 6.07) is 19.2. The quantitative estimate of drug-likeness (QED) is 0.377. The lowest BCUT2D eigenvalue weighted by molar-refractivity contribution is -0.171. The van der Waals surface area contributed by atoms with Gasteiger partial charge in [-0.3, -0.25) is 9.59 Å². The van der Waals surface area contributed by atoms with Gasteiger partial charge in [-0.05, 0) is 62.0 Å². The van der Waals surface area contributed by atoms with Gasteiger partial charge in [-0.2, -0.15) is 0 Å². The summed E-state index contributed by atoms with van der Waals surface area (Å²) in [6.07, 6.45) is 4.65. The van der Waals surface area contributed by atoms with Crippen molar-refractivity contribution in [1.29, 1.82) is 0 Å². The predicted octanol–water partition coefficient (Wildman–Crippen LogP) is 5.41. The third-order valence-electron chi connectivity index (χ3n) is 8.95. The van der Waals surface area contributed by atoms with Gasteiger partial charge in [-0.15, -0.1) is 0 Å². The Morgan fingerprint density at radius 3 is 2.56 bits per heavy atom. The van der Waals surface area contributed by atoms with Crippen LogP contribution in [-0.4, -0.2) is 43.5 Å². The summed E-state index contributed by atoms with van der Waals surface area (Å²) in [5.74, 6) is 1.13. The summed E-state index contributed by atoms with van der Waals surface area (Å²) in [6.45, 7) is 3.91. The molecule has 2 saturated carbocycles. The van der Waals surface area contributed by atoms with Crippen LogP contribution in [0.15, 0.2) is 60.7 Å². The minimum absolute atomic E-state index is 0.0211. The van der Waals surface area contributed by atoms with Crippen molar-refractivity contribution >= 4 is 11.6 Å². The maximum Gasteiger partial charge on any atom is 0.196 e. The van der Waals surface area contributed by atoms with Crippen molar-refractivity contribution in [2.45, 2.75) is 63.2 Å². The molecule has 36 heavy (non-hydrogen) atoms. The maximum atomic E-state index is 13.7. The van der Waals surface area contributed by atoms with Gasteiger partial charge in [-0.1, -0.05) is 67.6 Å². The Morgan fingerprint density at radius 2 is 1.83 bits per heavy atom. The molecule has 0 spiro atoms. The van der Waals surface area contributed by atoms with E-state index in [-0.39, 0.29) is 35.2 Å². The van der Waals surface area contributed by atoms with Crippen molar-refractivity contribution < 1.29 is 19.1 Å². The normalized spacial score (nSPS) is 32.5. The third-order valence-corrected chi connectivity index (χ3v) is 8.95. The second-order valence-corrected chi connectivity index (χ2v) is 11.0. The Morgan fingerprint density at radius 1 is 1.11 bits per heavy atom. The lowest BCUT2D eigenvalue weighted by Crippen LogP contribution is -2.71. The first kappa shape index (κ1) is 25.3. The van der Waals surface area contributed by atoms with E-state index < -0.39 is 6.10 Å². The lowest BCUT2D eigenvalue weighted by Gasteiger charge is -2.62. The highest BCUT2D eigenvalue weighted by Gasteiger charge is 2.61. The zero-order chi connectivity index (χ0) is 25.1. The van der Waals surface area contributed by atoms with Crippen LogP contribution in [0.2, 0.25) is 0 Å². The number of carbonyl (C=O) groups is 2. The molecule has 0 amide bonds. The van der Waals surface area contributed by atoms with E-state index in [1.807, 2.05) is 60.7 Å². The van der Waals surface area contributed by atoms with Crippen molar-refractivity contribution in [2.24, 2.45) is 23.7 Å². The zero-order valence-corrected chi connectivity index (χ0v) is 21.5. The second kappa shape index (κ2) is 11.0. The molecule has 1 saturated heterocycles. The van der Waals surface area contributed by atoms with Crippen molar-refractivity contribution in [3.63, 3.8) is 0 Å². The van der Waals surface area contributed by atoms with E-state index in [9.17, 15) is 9.59 Å². The fourth-order valence-electron chi connectivity index (χ4n) is 7.51. The molecule has 2 aromatic carbocycles. The van der Waals surface area contributed by atoms with Gasteiger partial charge < -0.3 is 14.8 Å². The summed E-state index contributed by atoms with van der Waals surface area (Å²) in [5, 5.41) is 3.87. The smallest absolute Gasteiger partial charge is 0.196 e. The van der Waals surface area contributed by atoms with Crippen molar-refractivity contribution in [1.82, 2.24) is 5.32 Å². The van der Waals surface area contributed by atoms with Crippen LogP contribution in [0.25, 0.3) is 0 Å². The Hall–Kier alpha value is -2.34. The number of methoxy groups -OCH3 is 1. The van der Waals surface area contributed by atoms with Crippen LogP contribution in [0.3, 0.4) is 0 Å². The van der Waals surface area contributed by atoms with Crippen LogP contribution in [-0.2, 0) is 14.3 Å². The topological polar surface area (TPSA) is 64.6 Å². The molecule has 2 aliphatic carbocycles. The number of benzene rings is 2. The van der Waals surface area contributed by atoms with Crippen LogP contribution in [0.1, 0.15) is 67.5 Å². The lowest BCUT2D eigenvalue weighted by atomic mass is 9.49. The van der Waals surface area contributed by atoms with Crippen molar-refractivity contribution in [2.75, 3.05) is 20.3 Å². The van der Waals surface area contributed by atoms with Crippen LogP contribution in [0.5, 0.6) is 0 Å². The molecule has 5 heteroatoms. The highest BCUT2D eigenvalue weighted by atomic mass is 16.5. The van der Waals surface area contributed by atoms with Gasteiger partial charge in [0.1, 0.15) is 11.9 Å². The van der Waals surface area contributed by atoms with Gasteiger partial charge in [0.2, 0.25) is 0 Å². The molecule has 1 N–H and O–H groups in total. The van der Waals surface area contributed by atoms with Crippen molar-refractivity contribution in [3.05, 3.63) is 71.8 Å². The van der Waals surface area contributed by atoms with Crippen LogP contribution < -0.4 is 5.32 Å². The average Bonchev–Trinajstić information content (AvgIpc) is 2.91. The van der Waals surface area contributed by atoms with Gasteiger partial charge in [0.15, 0.2) is 5.78 Å². The largest absolute Gasteiger partial charge is 0.385 e.